The predicted molar refractivity (Wildman–Crippen MR) is 130 cm³/mol. The highest BCUT2D eigenvalue weighted by Crippen LogP contribution is 2.45. The minimum absolute atomic E-state index is 0.0533. The van der Waals surface area contributed by atoms with Crippen LogP contribution in [-0.2, 0) is 10.2 Å². The van der Waals surface area contributed by atoms with Crippen LogP contribution in [0, 0.1) is 6.92 Å². The van der Waals surface area contributed by atoms with Crippen molar-refractivity contribution in [2.45, 2.75) is 31.6 Å². The number of rotatable bonds is 3. The molecule has 1 fully saturated rings. The average molecular weight is 470 g/mol. The van der Waals surface area contributed by atoms with Crippen molar-refractivity contribution in [3.8, 4) is 0 Å². The van der Waals surface area contributed by atoms with Gasteiger partial charge >= 0.3 is 5.76 Å². The van der Waals surface area contributed by atoms with Crippen molar-refractivity contribution in [1.29, 1.82) is 0 Å². The number of aryl methyl sites for hydroxylation is 1. The van der Waals surface area contributed by atoms with E-state index in [1.807, 2.05) is 25.1 Å². The number of fused-ring (bicyclic) bond motifs is 3. The highest BCUT2D eigenvalue weighted by Gasteiger charge is 2.42. The third kappa shape index (κ3) is 3.60. The summed E-state index contributed by atoms with van der Waals surface area (Å²) in [7, 11) is 0. The molecule has 2 aromatic carbocycles. The molecule has 4 heterocycles. The number of anilines is 2. The molecule has 6 rings (SSSR count). The number of benzene rings is 2. The summed E-state index contributed by atoms with van der Waals surface area (Å²) in [6, 6.07) is 13.0. The fraction of sp³-hybridized carbons (Fsp3) is 0.269. The number of para-hydroxylation sites is 1. The molecule has 2 N–H and O–H groups in total. The van der Waals surface area contributed by atoms with Crippen LogP contribution in [0.25, 0.3) is 11.1 Å². The first-order chi connectivity index (χ1) is 16.9. The summed E-state index contributed by atoms with van der Waals surface area (Å²) < 4.78 is 5.15. The van der Waals surface area contributed by atoms with Gasteiger partial charge in [-0.05, 0) is 49.1 Å². The summed E-state index contributed by atoms with van der Waals surface area (Å²) in [6.45, 7) is 3.24. The van der Waals surface area contributed by atoms with E-state index in [4.69, 9.17) is 4.42 Å². The van der Waals surface area contributed by atoms with Crippen molar-refractivity contribution >= 4 is 34.3 Å². The van der Waals surface area contributed by atoms with E-state index in [9.17, 15) is 14.4 Å². The first-order valence-electron chi connectivity index (χ1n) is 11.6. The van der Waals surface area contributed by atoms with Crippen LogP contribution in [0.15, 0.2) is 58.0 Å². The van der Waals surface area contributed by atoms with Crippen LogP contribution < -0.4 is 16.0 Å². The van der Waals surface area contributed by atoms with Gasteiger partial charge in [-0.25, -0.2) is 14.8 Å². The van der Waals surface area contributed by atoms with Crippen LogP contribution in [0.5, 0.6) is 0 Å². The first kappa shape index (κ1) is 21.3. The quantitative estimate of drug-likeness (QED) is 0.442. The second kappa shape index (κ2) is 7.90. The van der Waals surface area contributed by atoms with Gasteiger partial charge in [0.2, 0.25) is 11.7 Å². The SMILES string of the molecule is Cc1cc(C(=O)c2cc(N3CCC4(CC3)CC(=O)Nc3ccccc34)ncn2)cc2oc(=O)[nH]c12. The van der Waals surface area contributed by atoms with Crippen LogP contribution in [0.3, 0.4) is 0 Å². The zero-order chi connectivity index (χ0) is 24.2. The molecular weight excluding hydrogens is 446 g/mol. The maximum Gasteiger partial charge on any atom is 0.417 e. The lowest BCUT2D eigenvalue weighted by Gasteiger charge is -2.45. The Bertz CT molecular complexity index is 1540. The van der Waals surface area contributed by atoms with Crippen LogP contribution in [0.1, 0.15) is 46.4 Å². The Kier molecular flexibility index (Phi) is 4.80. The Morgan fingerprint density at radius 2 is 1.89 bits per heavy atom. The minimum Gasteiger partial charge on any atom is -0.408 e. The van der Waals surface area contributed by atoms with Gasteiger partial charge in [-0.2, -0.15) is 0 Å². The van der Waals surface area contributed by atoms with Gasteiger partial charge in [-0.1, -0.05) is 18.2 Å². The lowest BCUT2D eigenvalue weighted by atomic mass is 9.68. The van der Waals surface area contributed by atoms with Gasteiger partial charge in [0, 0.05) is 42.2 Å². The van der Waals surface area contributed by atoms with Crippen molar-refractivity contribution in [2.75, 3.05) is 23.3 Å². The van der Waals surface area contributed by atoms with Crippen LogP contribution >= 0.6 is 0 Å². The molecule has 0 radical (unpaired) electrons. The number of nitrogens with one attached hydrogen (secondary N) is 2. The molecule has 176 valence electrons. The third-order valence-electron chi connectivity index (χ3n) is 7.19. The maximum absolute atomic E-state index is 13.2. The summed E-state index contributed by atoms with van der Waals surface area (Å²) in [6.07, 6.45) is 3.50. The number of carbonyl (C=O) groups is 2. The van der Waals surface area contributed by atoms with E-state index in [0.29, 0.717) is 42.0 Å². The lowest BCUT2D eigenvalue weighted by Crippen LogP contribution is -2.47. The zero-order valence-corrected chi connectivity index (χ0v) is 19.1. The van der Waals surface area contributed by atoms with Gasteiger partial charge < -0.3 is 14.6 Å². The van der Waals surface area contributed by atoms with E-state index >= 15 is 0 Å². The van der Waals surface area contributed by atoms with E-state index in [1.165, 1.54) is 11.9 Å². The Balaban J connectivity index is 1.25. The Hall–Kier alpha value is -4.27. The lowest BCUT2D eigenvalue weighted by molar-refractivity contribution is -0.118. The fourth-order valence-electron chi connectivity index (χ4n) is 5.41. The number of amides is 1. The van der Waals surface area contributed by atoms with Crippen LogP contribution in [-0.4, -0.2) is 39.7 Å². The molecular formula is C26H23N5O4. The highest BCUT2D eigenvalue weighted by molar-refractivity contribution is 6.09. The third-order valence-corrected chi connectivity index (χ3v) is 7.19. The van der Waals surface area contributed by atoms with E-state index < -0.39 is 5.76 Å². The number of ketones is 1. The molecule has 2 aliphatic heterocycles. The number of hydrogen-bond acceptors (Lipinski definition) is 7. The number of carbonyl (C=O) groups excluding carboxylic acids is 2. The average Bonchev–Trinajstić information content (AvgIpc) is 3.25. The Morgan fingerprint density at radius 3 is 2.71 bits per heavy atom. The largest absolute Gasteiger partial charge is 0.417 e. The molecule has 0 aliphatic carbocycles. The number of aromatic nitrogens is 3. The molecule has 0 unspecified atom stereocenters. The van der Waals surface area contributed by atoms with Gasteiger partial charge in [-0.3, -0.25) is 14.6 Å². The van der Waals surface area contributed by atoms with Crippen molar-refractivity contribution in [2.24, 2.45) is 0 Å². The van der Waals surface area contributed by atoms with E-state index in [0.717, 1.165) is 24.1 Å². The number of aromatic amines is 1. The molecule has 1 amide bonds. The highest BCUT2D eigenvalue weighted by atomic mass is 16.4. The molecule has 1 spiro atoms. The molecule has 2 aromatic heterocycles. The molecule has 0 atom stereocenters. The minimum atomic E-state index is -0.557. The van der Waals surface area contributed by atoms with Crippen molar-refractivity contribution < 1.29 is 14.0 Å². The molecule has 2 aliphatic rings. The summed E-state index contributed by atoms with van der Waals surface area (Å²) in [5.41, 5.74) is 4.23. The van der Waals surface area contributed by atoms with Crippen molar-refractivity contribution in [3.63, 3.8) is 0 Å². The number of oxazole rings is 1. The monoisotopic (exact) mass is 469 g/mol. The Labute approximate surface area is 200 Å². The van der Waals surface area contributed by atoms with Gasteiger partial charge in [0.25, 0.3) is 0 Å². The summed E-state index contributed by atoms with van der Waals surface area (Å²) in [4.78, 5) is 50.6. The van der Waals surface area contributed by atoms with Crippen molar-refractivity contribution in [3.05, 3.63) is 81.7 Å². The zero-order valence-electron chi connectivity index (χ0n) is 19.1. The standard InChI is InChI=1S/C26H23N5O4/c1-15-10-16(11-20-23(15)30-25(34)35-20)24(33)19-12-21(28-14-27-19)31-8-6-26(7-9-31)13-22(32)29-18-5-3-2-4-17(18)26/h2-5,10-12,14H,6-9,13H2,1H3,(H,29,32)(H,30,34). The number of piperidine rings is 1. The van der Waals surface area contributed by atoms with Gasteiger partial charge in [0.05, 0.1) is 5.52 Å². The summed E-state index contributed by atoms with van der Waals surface area (Å²) in [5.74, 6) is -0.0952. The van der Waals surface area contributed by atoms with Gasteiger partial charge in [-0.15, -0.1) is 0 Å². The van der Waals surface area contributed by atoms with E-state index in [1.54, 1.807) is 18.2 Å². The second-order valence-corrected chi connectivity index (χ2v) is 9.31. The molecule has 0 saturated carbocycles. The number of H-pyrrole nitrogens is 1. The number of nitrogens with zero attached hydrogens (tertiary/aromatic N) is 3. The molecule has 9 heteroatoms. The second-order valence-electron chi connectivity index (χ2n) is 9.31. The van der Waals surface area contributed by atoms with Crippen LogP contribution in [0.2, 0.25) is 0 Å². The van der Waals surface area contributed by atoms with E-state index in [2.05, 4.69) is 31.2 Å². The maximum atomic E-state index is 13.2. The van der Waals surface area contributed by atoms with Gasteiger partial charge in [0.15, 0.2) is 5.58 Å². The van der Waals surface area contributed by atoms with E-state index in [-0.39, 0.29) is 22.8 Å². The van der Waals surface area contributed by atoms with Gasteiger partial charge in [0.1, 0.15) is 17.8 Å². The topological polar surface area (TPSA) is 121 Å². The molecule has 1 saturated heterocycles. The summed E-state index contributed by atoms with van der Waals surface area (Å²) >= 11 is 0. The van der Waals surface area contributed by atoms with Crippen LogP contribution in [0.4, 0.5) is 11.5 Å². The fourth-order valence-corrected chi connectivity index (χ4v) is 5.41. The molecule has 4 aromatic rings. The predicted octanol–water partition coefficient (Wildman–Crippen LogP) is 3.33. The normalized spacial score (nSPS) is 16.8. The Morgan fingerprint density at radius 1 is 1.09 bits per heavy atom. The smallest absolute Gasteiger partial charge is 0.408 e. The summed E-state index contributed by atoms with van der Waals surface area (Å²) in [5, 5.41) is 2.99. The molecule has 0 bridgehead atoms. The first-order valence-corrected chi connectivity index (χ1v) is 11.6. The molecule has 35 heavy (non-hydrogen) atoms. The van der Waals surface area contributed by atoms with Crippen molar-refractivity contribution in [1.82, 2.24) is 15.0 Å². The number of hydrogen-bond donors (Lipinski definition) is 2. The molecule has 9 nitrogen and oxygen atoms in total.